The average molecular weight is 391 g/mol. The summed E-state index contributed by atoms with van der Waals surface area (Å²) in [6.45, 7) is 0. The number of primary amides is 1. The third kappa shape index (κ3) is 37.4. The minimum Gasteiger partial charge on any atom is -0.361 e. The first kappa shape index (κ1) is 17.6. The molecule has 2 N–H and O–H groups in total. The van der Waals surface area contributed by atoms with Crippen molar-refractivity contribution < 1.29 is 9.59 Å². The molecule has 0 aromatic heterocycles. The van der Waals surface area contributed by atoms with Crippen LogP contribution in [0.5, 0.6) is 0 Å². The van der Waals surface area contributed by atoms with E-state index in [4.69, 9.17) is 4.79 Å². The minimum absolute atomic E-state index is 0. The average Bonchev–Trinajstić information content (AvgIpc) is 1.63. The number of hydrogen-bond acceptors (Lipinski definition) is 2. The molecule has 0 aromatic carbocycles. The second kappa shape index (κ2) is 10.5. The maximum Gasteiger partial charge on any atom is 0.278 e. The van der Waals surface area contributed by atoms with Crippen molar-refractivity contribution in [3.8, 4) is 0 Å². The summed E-state index contributed by atoms with van der Waals surface area (Å²) in [5.74, 6) is 0. The van der Waals surface area contributed by atoms with Crippen molar-refractivity contribution in [2.24, 2.45) is 5.73 Å². The number of thiol groups is 2. The van der Waals surface area contributed by atoms with E-state index in [1.807, 2.05) is 0 Å². The van der Waals surface area contributed by atoms with Gasteiger partial charge >= 0.3 is 0 Å². The predicted molar refractivity (Wildman–Crippen MR) is 52.4 cm³/mol. The first-order chi connectivity index (χ1) is 4.37. The Morgan fingerprint density at radius 1 is 1.27 bits per heavy atom. The van der Waals surface area contributed by atoms with Gasteiger partial charge < -0.3 is 10.6 Å². The van der Waals surface area contributed by atoms with E-state index >= 15 is 0 Å². The van der Waals surface area contributed by atoms with Crippen LogP contribution in [0.3, 0.4) is 0 Å². The molecule has 0 aliphatic rings. The maximum absolute atomic E-state index is 9.93. The van der Waals surface area contributed by atoms with Crippen LogP contribution in [0.15, 0.2) is 0 Å². The smallest absolute Gasteiger partial charge is 0.278 e. The Morgan fingerprint density at radius 2 is 1.36 bits per heavy atom. The molecule has 11 heavy (non-hydrogen) atoms. The molecule has 0 saturated heterocycles. The molecule has 0 heterocycles. The number of rotatable bonds is 0. The second-order valence-electron chi connectivity index (χ2n) is 1.52. The summed E-state index contributed by atoms with van der Waals surface area (Å²) in [5, 5.41) is -0.852. The Labute approximate surface area is 95.8 Å². The Hall–Kier alpha value is 0.523. The Bertz CT molecular complexity index is 127. The van der Waals surface area contributed by atoms with Crippen LogP contribution in [-0.2, 0) is 0 Å². The van der Waals surface area contributed by atoms with Crippen LogP contribution in [0.25, 0.3) is 0 Å². The molecule has 0 unspecified atom stereocenters. The summed E-state index contributed by atoms with van der Waals surface area (Å²) in [6.07, 6.45) is 0. The van der Waals surface area contributed by atoms with Gasteiger partial charge in [-0.15, -0.1) is 0 Å². The zero-order chi connectivity index (χ0) is 8.73. The topological polar surface area (TPSA) is 63.4 Å². The molecule has 0 aromatic rings. The zero-order valence-corrected chi connectivity index (χ0v) is 11.4. The van der Waals surface area contributed by atoms with Crippen molar-refractivity contribution in [3.05, 3.63) is 0 Å². The summed E-state index contributed by atoms with van der Waals surface area (Å²) in [4.78, 5) is 20.4. The number of carbonyl (C=O) groups is 2. The van der Waals surface area contributed by atoms with Crippen molar-refractivity contribution in [2.45, 2.75) is 0 Å². The quantitative estimate of drug-likeness (QED) is 0.409. The molecule has 0 atom stereocenters. The van der Waals surface area contributed by atoms with E-state index in [0.29, 0.717) is 0 Å². The van der Waals surface area contributed by atoms with Crippen LogP contribution in [0.4, 0.5) is 9.59 Å². The largest absolute Gasteiger partial charge is 0.361 e. The summed E-state index contributed by atoms with van der Waals surface area (Å²) >= 11 is 6.58. The van der Waals surface area contributed by atoms with Crippen LogP contribution < -0.4 is 5.73 Å². The van der Waals surface area contributed by atoms with Gasteiger partial charge in [0.25, 0.3) is 10.5 Å². The molecule has 4 nitrogen and oxygen atoms in total. The number of amides is 2. The van der Waals surface area contributed by atoms with E-state index in [1.165, 1.54) is 4.90 Å². The Balaban J connectivity index is -0.000000114. The van der Waals surface area contributed by atoms with E-state index < -0.39 is 5.24 Å². The van der Waals surface area contributed by atoms with Crippen molar-refractivity contribution in [3.63, 3.8) is 0 Å². The molecule has 3 radical (unpaired) electrons. The first-order valence-corrected chi connectivity index (χ1v) is 3.16. The normalized spacial score (nSPS) is 6.55. The van der Waals surface area contributed by atoms with Crippen LogP contribution in [0.2, 0.25) is 0 Å². The molecule has 2 amide bonds. The summed E-state index contributed by atoms with van der Waals surface area (Å²) in [5.41, 5.74) is 4.34. The van der Waals surface area contributed by atoms with E-state index in [9.17, 15) is 4.79 Å². The summed E-state index contributed by atoms with van der Waals surface area (Å²) in [6, 6.07) is 0. The standard InChI is InChI=1S/C3H7NOS.CH3NOS.Bi/c1-4(2)3(5)6;2-1(3)4;/h1-2H3,(H,5,6);(H3,2,3,4);. The minimum atomic E-state index is -0.639. The van der Waals surface area contributed by atoms with Gasteiger partial charge in [-0.3, -0.25) is 9.59 Å². The molecule has 0 aliphatic carbocycles. The van der Waals surface area contributed by atoms with Gasteiger partial charge in [0.2, 0.25) is 0 Å². The van der Waals surface area contributed by atoms with Crippen molar-refractivity contribution in [1.82, 2.24) is 4.90 Å². The van der Waals surface area contributed by atoms with Gasteiger partial charge in [0.15, 0.2) is 0 Å². The van der Waals surface area contributed by atoms with Gasteiger partial charge in [-0.05, 0) is 0 Å². The molecule has 0 aliphatic heterocycles. The van der Waals surface area contributed by atoms with E-state index in [0.717, 1.165) is 0 Å². The van der Waals surface area contributed by atoms with E-state index in [1.54, 1.807) is 14.1 Å². The molecular weight excluding hydrogens is 381 g/mol. The van der Waals surface area contributed by atoms with Gasteiger partial charge in [-0.1, -0.05) is 25.3 Å². The Kier molecular flexibility index (Phi) is 16.8. The first-order valence-electron chi connectivity index (χ1n) is 2.26. The zero-order valence-electron chi connectivity index (χ0n) is 6.18. The summed E-state index contributed by atoms with van der Waals surface area (Å²) < 4.78 is 0. The van der Waals surface area contributed by atoms with Crippen LogP contribution in [0, 0.1) is 0 Å². The fourth-order valence-corrected chi connectivity index (χ4v) is 0. The monoisotopic (exact) mass is 391 g/mol. The number of nitrogens with zero attached hydrogens (tertiary/aromatic N) is 1. The molecule has 7 heteroatoms. The third-order valence-electron chi connectivity index (χ3n) is 0.383. The third-order valence-corrected chi connectivity index (χ3v) is 0.783. The molecule has 0 rings (SSSR count). The van der Waals surface area contributed by atoms with E-state index in [2.05, 4.69) is 31.0 Å². The number of carbonyl (C=O) groups excluding carboxylic acids is 2. The van der Waals surface area contributed by atoms with Crippen LogP contribution >= 0.6 is 25.3 Å². The van der Waals surface area contributed by atoms with Gasteiger partial charge in [0, 0.05) is 40.3 Å². The van der Waals surface area contributed by atoms with Crippen molar-refractivity contribution in [1.29, 1.82) is 0 Å². The van der Waals surface area contributed by atoms with Crippen molar-refractivity contribution in [2.75, 3.05) is 14.1 Å². The van der Waals surface area contributed by atoms with Gasteiger partial charge in [-0.2, -0.15) is 0 Å². The molecule has 0 bridgehead atoms. The van der Waals surface area contributed by atoms with Crippen LogP contribution in [0.1, 0.15) is 0 Å². The van der Waals surface area contributed by atoms with Gasteiger partial charge in [0.1, 0.15) is 0 Å². The fourth-order valence-electron chi connectivity index (χ4n) is 0. The number of nitrogens with two attached hydrogens (primary N) is 1. The summed E-state index contributed by atoms with van der Waals surface area (Å²) in [7, 11) is 3.30. The number of hydrogen-bond donors (Lipinski definition) is 3. The van der Waals surface area contributed by atoms with Gasteiger partial charge in [-0.25, -0.2) is 0 Å². The molecule has 0 fully saturated rings. The van der Waals surface area contributed by atoms with Gasteiger partial charge in [0.05, 0.1) is 0 Å². The predicted octanol–water partition coefficient (Wildman–Crippen LogP) is 0.212. The molecule has 65 valence electrons. The van der Waals surface area contributed by atoms with Crippen LogP contribution in [-0.4, -0.2) is 55.7 Å². The Morgan fingerprint density at radius 3 is 1.36 bits per heavy atom. The fraction of sp³-hybridized carbons (Fsp3) is 0.500. The van der Waals surface area contributed by atoms with E-state index in [-0.39, 0.29) is 31.4 Å². The SMILES string of the molecule is CN(C)C(=O)S.NC(=O)S.[Bi]. The molecular formula is C4H10BiN2O2S2. The maximum atomic E-state index is 9.93. The molecule has 0 saturated carbocycles. The molecule has 0 spiro atoms. The van der Waals surface area contributed by atoms with Crippen molar-refractivity contribution >= 4 is 61.9 Å². The second-order valence-corrected chi connectivity index (χ2v) is 2.34.